The largest absolute Gasteiger partial charge is 0.380 e. The van der Waals surface area contributed by atoms with Crippen molar-refractivity contribution < 1.29 is 0 Å². The van der Waals surface area contributed by atoms with Gasteiger partial charge in [0.2, 0.25) is 5.16 Å². The van der Waals surface area contributed by atoms with Crippen molar-refractivity contribution >= 4 is 23.2 Å². The Morgan fingerprint density at radius 3 is 2.88 bits per heavy atom. The molecule has 1 aliphatic heterocycles. The molecule has 0 fully saturated rings. The maximum atomic E-state index is 4.59. The molecule has 2 aromatic heterocycles. The molecule has 1 aromatic carbocycles. The predicted molar refractivity (Wildman–Crippen MR) is 103 cm³/mol. The van der Waals surface area contributed by atoms with Crippen molar-refractivity contribution in [3.63, 3.8) is 0 Å². The molecule has 0 amide bonds. The molecule has 3 heterocycles. The van der Waals surface area contributed by atoms with E-state index < -0.39 is 0 Å². The quantitative estimate of drug-likeness (QED) is 0.687. The van der Waals surface area contributed by atoms with E-state index >= 15 is 0 Å². The zero-order valence-corrected chi connectivity index (χ0v) is 16.1. The minimum absolute atomic E-state index is 0.103. The fourth-order valence-electron chi connectivity index (χ4n) is 3.88. The third-order valence-corrected chi connectivity index (χ3v) is 5.43. The van der Waals surface area contributed by atoms with Crippen LogP contribution in [0.5, 0.6) is 0 Å². The van der Waals surface area contributed by atoms with Crippen LogP contribution in [-0.4, -0.2) is 31.4 Å². The molecule has 0 aliphatic carbocycles. The van der Waals surface area contributed by atoms with Crippen molar-refractivity contribution in [1.29, 1.82) is 0 Å². The van der Waals surface area contributed by atoms with Gasteiger partial charge in [0.05, 0.1) is 5.69 Å². The fourth-order valence-corrected chi connectivity index (χ4v) is 4.22. The number of anilines is 1. The zero-order chi connectivity index (χ0) is 17.8. The number of hydrogen-bond acceptors (Lipinski definition) is 5. The molecule has 3 aromatic rings. The Hall–Kier alpha value is -2.08. The molecule has 1 N–H and O–H groups in total. The van der Waals surface area contributed by atoms with Crippen LogP contribution in [0.15, 0.2) is 29.6 Å². The van der Waals surface area contributed by atoms with E-state index in [1.54, 1.807) is 0 Å². The summed E-state index contributed by atoms with van der Waals surface area (Å²) in [5.41, 5.74) is 6.16. The molecular formula is C19H23N5S. The first-order valence-corrected chi connectivity index (χ1v) is 9.79. The van der Waals surface area contributed by atoms with Crippen LogP contribution in [0, 0.1) is 6.92 Å². The van der Waals surface area contributed by atoms with Gasteiger partial charge in [0.1, 0.15) is 0 Å². The van der Waals surface area contributed by atoms with E-state index in [9.17, 15) is 0 Å². The van der Waals surface area contributed by atoms with Gasteiger partial charge in [-0.15, -0.1) is 5.10 Å². The topological polar surface area (TPSA) is 55.1 Å². The summed E-state index contributed by atoms with van der Waals surface area (Å²) in [5, 5.41) is 9.03. The van der Waals surface area contributed by atoms with E-state index in [2.05, 4.69) is 60.2 Å². The van der Waals surface area contributed by atoms with Crippen molar-refractivity contribution in [2.24, 2.45) is 0 Å². The van der Waals surface area contributed by atoms with Crippen LogP contribution in [0.1, 0.15) is 44.2 Å². The SMILES string of the molecule is CSc1nc2nccc(-c3cc4c(cc3C)C(C)CC(C)(C)N4)n2n1. The predicted octanol–water partition coefficient (Wildman–Crippen LogP) is 4.52. The van der Waals surface area contributed by atoms with Crippen LogP contribution in [0.25, 0.3) is 17.0 Å². The molecule has 25 heavy (non-hydrogen) atoms. The van der Waals surface area contributed by atoms with Crippen LogP contribution < -0.4 is 5.32 Å². The monoisotopic (exact) mass is 353 g/mol. The minimum Gasteiger partial charge on any atom is -0.380 e. The van der Waals surface area contributed by atoms with E-state index in [4.69, 9.17) is 0 Å². The number of nitrogens with one attached hydrogen (secondary N) is 1. The van der Waals surface area contributed by atoms with Gasteiger partial charge < -0.3 is 5.32 Å². The molecule has 0 spiro atoms. The lowest BCUT2D eigenvalue weighted by Gasteiger charge is -2.38. The average Bonchev–Trinajstić information content (AvgIpc) is 2.97. The van der Waals surface area contributed by atoms with Crippen molar-refractivity contribution in [2.45, 2.75) is 50.7 Å². The van der Waals surface area contributed by atoms with Gasteiger partial charge in [0.25, 0.3) is 5.78 Å². The Morgan fingerprint density at radius 1 is 1.32 bits per heavy atom. The molecular weight excluding hydrogens is 330 g/mol. The summed E-state index contributed by atoms with van der Waals surface area (Å²) in [6.07, 6.45) is 4.92. The van der Waals surface area contributed by atoms with Crippen LogP contribution in [0.3, 0.4) is 0 Å². The number of rotatable bonds is 2. The molecule has 1 unspecified atom stereocenters. The highest BCUT2D eigenvalue weighted by atomic mass is 32.2. The summed E-state index contributed by atoms with van der Waals surface area (Å²) in [4.78, 5) is 8.81. The van der Waals surface area contributed by atoms with E-state index in [0.29, 0.717) is 11.7 Å². The first kappa shape index (κ1) is 16.4. The molecule has 1 aliphatic rings. The van der Waals surface area contributed by atoms with E-state index in [-0.39, 0.29) is 5.54 Å². The summed E-state index contributed by atoms with van der Waals surface area (Å²) in [6, 6.07) is 6.59. The minimum atomic E-state index is 0.103. The van der Waals surface area contributed by atoms with Crippen LogP contribution in [0.2, 0.25) is 0 Å². The Bertz CT molecular complexity index is 960. The Balaban J connectivity index is 1.91. The first-order valence-electron chi connectivity index (χ1n) is 8.57. The van der Waals surface area contributed by atoms with Crippen molar-refractivity contribution in [3.05, 3.63) is 35.5 Å². The lowest BCUT2D eigenvalue weighted by Crippen LogP contribution is -2.36. The number of thioether (sulfide) groups is 1. The highest BCUT2D eigenvalue weighted by molar-refractivity contribution is 7.98. The van der Waals surface area contributed by atoms with Crippen molar-refractivity contribution in [1.82, 2.24) is 19.6 Å². The molecule has 4 rings (SSSR count). The number of fused-ring (bicyclic) bond motifs is 2. The molecule has 0 radical (unpaired) electrons. The number of nitrogens with zero attached hydrogens (tertiary/aromatic N) is 4. The molecule has 0 saturated carbocycles. The maximum absolute atomic E-state index is 4.59. The second kappa shape index (κ2) is 5.73. The van der Waals surface area contributed by atoms with Crippen LogP contribution in [0.4, 0.5) is 5.69 Å². The van der Waals surface area contributed by atoms with Gasteiger partial charge >= 0.3 is 0 Å². The number of aryl methyl sites for hydroxylation is 1. The Labute approximate surface area is 152 Å². The average molecular weight is 353 g/mol. The Kier molecular flexibility index (Phi) is 3.76. The van der Waals surface area contributed by atoms with Gasteiger partial charge in [-0.25, -0.2) is 4.98 Å². The third-order valence-electron chi connectivity index (χ3n) is 4.90. The normalized spacial score (nSPS) is 18.8. The summed E-state index contributed by atoms with van der Waals surface area (Å²) in [7, 11) is 0. The summed E-state index contributed by atoms with van der Waals surface area (Å²) in [6.45, 7) is 9.01. The van der Waals surface area contributed by atoms with E-state index in [1.807, 2.05) is 23.0 Å². The third kappa shape index (κ3) is 2.78. The maximum Gasteiger partial charge on any atom is 0.253 e. The summed E-state index contributed by atoms with van der Waals surface area (Å²) < 4.78 is 1.85. The molecule has 1 atom stereocenters. The molecule has 5 nitrogen and oxygen atoms in total. The standard InChI is InChI=1S/C19H23N5S/c1-11-8-13-12(2)10-19(3,4)22-15(13)9-14(11)16-6-7-20-17-21-18(25-5)23-24(16)17/h6-9,12,22H,10H2,1-5H3. The highest BCUT2D eigenvalue weighted by Gasteiger charge is 2.30. The summed E-state index contributed by atoms with van der Waals surface area (Å²) >= 11 is 1.53. The number of benzene rings is 1. The van der Waals surface area contributed by atoms with Crippen molar-refractivity contribution in [2.75, 3.05) is 11.6 Å². The van der Waals surface area contributed by atoms with Gasteiger partial charge in [-0.3, -0.25) is 0 Å². The number of aromatic nitrogens is 4. The molecule has 0 bridgehead atoms. The lowest BCUT2D eigenvalue weighted by atomic mass is 9.80. The van der Waals surface area contributed by atoms with Gasteiger partial charge in [-0.05, 0) is 62.6 Å². The molecule has 6 heteroatoms. The summed E-state index contributed by atoms with van der Waals surface area (Å²) in [5.74, 6) is 1.19. The van der Waals surface area contributed by atoms with Gasteiger partial charge in [0, 0.05) is 23.0 Å². The van der Waals surface area contributed by atoms with E-state index in [1.165, 1.54) is 34.1 Å². The highest BCUT2D eigenvalue weighted by Crippen LogP contribution is 2.41. The second-order valence-corrected chi connectivity index (χ2v) is 8.28. The van der Waals surface area contributed by atoms with Crippen LogP contribution in [-0.2, 0) is 0 Å². The Morgan fingerprint density at radius 2 is 2.12 bits per heavy atom. The zero-order valence-electron chi connectivity index (χ0n) is 15.3. The number of hydrogen-bond donors (Lipinski definition) is 1. The molecule has 0 saturated heterocycles. The van der Waals surface area contributed by atoms with E-state index in [0.717, 1.165) is 17.3 Å². The smallest absolute Gasteiger partial charge is 0.253 e. The van der Waals surface area contributed by atoms with Gasteiger partial charge in [-0.2, -0.15) is 9.50 Å². The van der Waals surface area contributed by atoms with Gasteiger partial charge in [0.15, 0.2) is 0 Å². The second-order valence-electron chi connectivity index (χ2n) is 7.51. The molecule has 130 valence electrons. The van der Waals surface area contributed by atoms with Gasteiger partial charge in [-0.1, -0.05) is 24.8 Å². The lowest BCUT2D eigenvalue weighted by molar-refractivity contribution is 0.454. The fraction of sp³-hybridized carbons (Fsp3) is 0.421. The van der Waals surface area contributed by atoms with Crippen LogP contribution >= 0.6 is 11.8 Å². The first-order chi connectivity index (χ1) is 11.9. The van der Waals surface area contributed by atoms with Crippen molar-refractivity contribution in [3.8, 4) is 11.3 Å².